The van der Waals surface area contributed by atoms with Crippen LogP contribution in [0.25, 0.3) is 10.8 Å². The minimum absolute atomic E-state index is 0.0591. The summed E-state index contributed by atoms with van der Waals surface area (Å²) in [5, 5.41) is 5.05. The molecule has 2 aromatic rings. The Hall–Kier alpha value is -2.03. The molecular weight excluding hydrogens is 262 g/mol. The van der Waals surface area contributed by atoms with Crippen LogP contribution in [0.5, 0.6) is 5.75 Å². The van der Waals surface area contributed by atoms with Gasteiger partial charge in [0.2, 0.25) is 0 Å². The molecule has 3 nitrogen and oxygen atoms in total. The molecule has 0 spiro atoms. The lowest BCUT2D eigenvalue weighted by molar-refractivity contribution is 0.0936. The first kappa shape index (κ1) is 15.4. The lowest BCUT2D eigenvalue weighted by Crippen LogP contribution is -2.32. The number of carbonyl (C=O) groups excluding carboxylic acids is 1. The van der Waals surface area contributed by atoms with Crippen LogP contribution in [0.15, 0.2) is 36.4 Å². The van der Waals surface area contributed by atoms with Gasteiger partial charge in [-0.3, -0.25) is 4.79 Å². The fourth-order valence-corrected chi connectivity index (χ4v) is 2.56. The average Bonchev–Trinajstić information content (AvgIpc) is 2.47. The second-order valence-electron chi connectivity index (χ2n) is 5.26. The zero-order chi connectivity index (χ0) is 15.2. The molecule has 3 heteroatoms. The molecule has 112 valence electrons. The zero-order valence-electron chi connectivity index (χ0n) is 13.0. The van der Waals surface area contributed by atoms with Crippen molar-refractivity contribution in [3.05, 3.63) is 42.0 Å². The molecular formula is C18H23NO2. The van der Waals surface area contributed by atoms with E-state index in [-0.39, 0.29) is 11.9 Å². The molecule has 2 rings (SSSR count). The molecule has 0 aliphatic heterocycles. The van der Waals surface area contributed by atoms with E-state index < -0.39 is 0 Å². The predicted octanol–water partition coefficient (Wildman–Crippen LogP) is 4.16. The van der Waals surface area contributed by atoms with Gasteiger partial charge >= 0.3 is 0 Å². The van der Waals surface area contributed by atoms with Crippen LogP contribution in [-0.4, -0.2) is 18.6 Å². The molecule has 0 bridgehead atoms. The molecule has 1 N–H and O–H groups in total. The van der Waals surface area contributed by atoms with Crippen molar-refractivity contribution in [3.8, 4) is 5.75 Å². The van der Waals surface area contributed by atoms with Crippen molar-refractivity contribution >= 4 is 16.7 Å². The van der Waals surface area contributed by atoms with Crippen LogP contribution in [-0.2, 0) is 0 Å². The molecule has 0 aromatic heterocycles. The highest BCUT2D eigenvalue weighted by Crippen LogP contribution is 2.28. The van der Waals surface area contributed by atoms with Gasteiger partial charge in [0.15, 0.2) is 0 Å². The van der Waals surface area contributed by atoms with Crippen LogP contribution >= 0.6 is 0 Å². The summed E-state index contributed by atoms with van der Waals surface area (Å²) in [6.07, 6.45) is 2.02. The second-order valence-corrected chi connectivity index (χ2v) is 5.26. The predicted molar refractivity (Wildman–Crippen MR) is 87.0 cm³/mol. The number of hydrogen-bond acceptors (Lipinski definition) is 2. The molecule has 0 radical (unpaired) electrons. The van der Waals surface area contributed by atoms with E-state index in [0.29, 0.717) is 17.9 Å². The molecule has 0 aliphatic rings. The van der Waals surface area contributed by atoms with Gasteiger partial charge in [0, 0.05) is 6.04 Å². The highest BCUT2D eigenvalue weighted by atomic mass is 16.5. The first-order valence-corrected chi connectivity index (χ1v) is 7.62. The lowest BCUT2D eigenvalue weighted by Gasteiger charge is -2.17. The summed E-state index contributed by atoms with van der Waals surface area (Å²) in [6, 6.07) is 11.9. The summed E-state index contributed by atoms with van der Waals surface area (Å²) in [5.74, 6) is 0.591. The van der Waals surface area contributed by atoms with E-state index >= 15 is 0 Å². The maximum absolute atomic E-state index is 12.6. The number of amides is 1. The first-order valence-electron chi connectivity index (χ1n) is 7.62. The highest BCUT2D eigenvalue weighted by molar-refractivity contribution is 6.09. The molecule has 0 heterocycles. The van der Waals surface area contributed by atoms with Gasteiger partial charge < -0.3 is 10.1 Å². The van der Waals surface area contributed by atoms with Crippen molar-refractivity contribution in [2.24, 2.45) is 0 Å². The van der Waals surface area contributed by atoms with Gasteiger partial charge in [-0.25, -0.2) is 0 Å². The Balaban J connectivity index is 2.43. The van der Waals surface area contributed by atoms with E-state index in [1.807, 2.05) is 50.2 Å². The third-order valence-electron chi connectivity index (χ3n) is 3.52. The number of fused-ring (bicyclic) bond motifs is 1. The van der Waals surface area contributed by atoms with Crippen molar-refractivity contribution in [1.29, 1.82) is 0 Å². The van der Waals surface area contributed by atoms with Crippen molar-refractivity contribution in [1.82, 2.24) is 5.32 Å². The normalized spacial score (nSPS) is 12.1. The number of benzene rings is 2. The standard InChI is InChI=1S/C18H23NO2/c1-4-8-13(3)19-18(20)17-15-10-7-6-9-14(15)11-12-16(17)21-5-2/h6-7,9-13H,4-5,8H2,1-3H3,(H,19,20)/t13-/m0/s1. The Labute approximate surface area is 126 Å². The molecule has 21 heavy (non-hydrogen) atoms. The topological polar surface area (TPSA) is 38.3 Å². The Bertz CT molecular complexity index is 622. The zero-order valence-corrected chi connectivity index (χ0v) is 13.0. The van der Waals surface area contributed by atoms with Crippen LogP contribution in [0, 0.1) is 0 Å². The molecule has 0 saturated heterocycles. The average molecular weight is 285 g/mol. The van der Waals surface area contributed by atoms with Crippen LogP contribution in [0.1, 0.15) is 44.0 Å². The molecule has 0 unspecified atom stereocenters. The van der Waals surface area contributed by atoms with E-state index in [2.05, 4.69) is 12.2 Å². The number of rotatable bonds is 6. The molecule has 0 aliphatic carbocycles. The van der Waals surface area contributed by atoms with Gasteiger partial charge in [0.1, 0.15) is 5.75 Å². The van der Waals surface area contributed by atoms with E-state index in [4.69, 9.17) is 4.74 Å². The molecule has 1 atom stereocenters. The van der Waals surface area contributed by atoms with Gasteiger partial charge in [-0.15, -0.1) is 0 Å². The minimum atomic E-state index is -0.0591. The Kier molecular flexibility index (Phi) is 5.20. The number of nitrogens with one attached hydrogen (secondary N) is 1. The van der Waals surface area contributed by atoms with E-state index in [1.54, 1.807) is 0 Å². The second kappa shape index (κ2) is 7.11. The van der Waals surface area contributed by atoms with E-state index in [9.17, 15) is 4.79 Å². The van der Waals surface area contributed by atoms with Crippen molar-refractivity contribution < 1.29 is 9.53 Å². The summed E-state index contributed by atoms with van der Waals surface area (Å²) >= 11 is 0. The van der Waals surface area contributed by atoms with Gasteiger partial charge in [-0.1, -0.05) is 43.7 Å². The Morgan fingerprint density at radius 1 is 1.19 bits per heavy atom. The molecule has 2 aromatic carbocycles. The largest absolute Gasteiger partial charge is 0.493 e. The Morgan fingerprint density at radius 2 is 1.95 bits per heavy atom. The van der Waals surface area contributed by atoms with E-state index in [1.165, 1.54) is 0 Å². The summed E-state index contributed by atoms with van der Waals surface area (Å²) in [7, 11) is 0. The quantitative estimate of drug-likeness (QED) is 0.865. The van der Waals surface area contributed by atoms with Crippen molar-refractivity contribution in [3.63, 3.8) is 0 Å². The summed E-state index contributed by atoms with van der Waals surface area (Å²) < 4.78 is 5.65. The smallest absolute Gasteiger partial charge is 0.255 e. The monoisotopic (exact) mass is 285 g/mol. The fraction of sp³-hybridized carbons (Fsp3) is 0.389. The van der Waals surface area contributed by atoms with Crippen LogP contribution in [0.2, 0.25) is 0 Å². The van der Waals surface area contributed by atoms with Gasteiger partial charge in [0.25, 0.3) is 5.91 Å². The number of carbonyl (C=O) groups is 1. The number of ether oxygens (including phenoxy) is 1. The minimum Gasteiger partial charge on any atom is -0.493 e. The van der Waals surface area contributed by atoms with Crippen molar-refractivity contribution in [2.75, 3.05) is 6.61 Å². The molecule has 0 saturated carbocycles. The van der Waals surface area contributed by atoms with Gasteiger partial charge in [0.05, 0.1) is 12.2 Å². The molecule has 1 amide bonds. The molecule has 0 fully saturated rings. The SMILES string of the molecule is CCC[C@H](C)NC(=O)c1c(OCC)ccc2ccccc12. The van der Waals surface area contributed by atoms with Gasteiger partial charge in [-0.2, -0.15) is 0 Å². The summed E-state index contributed by atoms with van der Waals surface area (Å²) in [6.45, 7) is 6.62. The first-order chi connectivity index (χ1) is 10.2. The third-order valence-corrected chi connectivity index (χ3v) is 3.52. The maximum atomic E-state index is 12.6. The number of hydrogen-bond donors (Lipinski definition) is 1. The Morgan fingerprint density at radius 3 is 2.67 bits per heavy atom. The van der Waals surface area contributed by atoms with E-state index in [0.717, 1.165) is 23.6 Å². The summed E-state index contributed by atoms with van der Waals surface area (Å²) in [5.41, 5.74) is 0.637. The van der Waals surface area contributed by atoms with Crippen LogP contribution in [0.4, 0.5) is 0 Å². The van der Waals surface area contributed by atoms with Crippen LogP contribution in [0.3, 0.4) is 0 Å². The van der Waals surface area contributed by atoms with Gasteiger partial charge in [-0.05, 0) is 37.1 Å². The maximum Gasteiger partial charge on any atom is 0.255 e. The highest BCUT2D eigenvalue weighted by Gasteiger charge is 2.17. The lowest BCUT2D eigenvalue weighted by atomic mass is 10.0. The van der Waals surface area contributed by atoms with Crippen molar-refractivity contribution in [2.45, 2.75) is 39.7 Å². The third kappa shape index (κ3) is 3.54. The summed E-state index contributed by atoms with van der Waals surface area (Å²) in [4.78, 5) is 12.6. The van der Waals surface area contributed by atoms with Crippen LogP contribution < -0.4 is 10.1 Å². The fourth-order valence-electron chi connectivity index (χ4n) is 2.56.